The van der Waals surface area contributed by atoms with E-state index in [9.17, 15) is 4.79 Å². The number of nitrogens with two attached hydrogens (primary N) is 1. The van der Waals surface area contributed by atoms with E-state index in [1.807, 2.05) is 6.07 Å². The molecule has 1 aliphatic rings. The second kappa shape index (κ2) is 3.53. The van der Waals surface area contributed by atoms with Crippen molar-refractivity contribution in [3.8, 4) is 0 Å². The Hall–Kier alpha value is -0.580. The molecule has 2 unspecified atom stereocenters. The first-order chi connectivity index (χ1) is 6.58. The molecule has 0 aliphatic heterocycles. The van der Waals surface area contributed by atoms with Gasteiger partial charge in [0.2, 0.25) is 0 Å². The van der Waals surface area contributed by atoms with Gasteiger partial charge in [-0.05, 0) is 24.5 Å². The molecule has 1 aromatic heterocycles. The summed E-state index contributed by atoms with van der Waals surface area (Å²) >= 11 is 7.32. The Labute approximate surface area is 90.5 Å². The minimum absolute atomic E-state index is 0.169. The average molecular weight is 232 g/mol. The van der Waals surface area contributed by atoms with E-state index >= 15 is 0 Å². The van der Waals surface area contributed by atoms with Crippen LogP contribution < -0.4 is 5.73 Å². The molecular weight excluding hydrogens is 222 g/mol. The fourth-order valence-corrected chi connectivity index (χ4v) is 3.15. The van der Waals surface area contributed by atoms with Crippen molar-refractivity contribution >= 4 is 28.9 Å². The smallest absolute Gasteiger partial charge is 0.306 e. The number of aliphatic carboxylic acids is 1. The van der Waals surface area contributed by atoms with Gasteiger partial charge in [-0.3, -0.25) is 4.79 Å². The van der Waals surface area contributed by atoms with Crippen LogP contribution in [-0.2, 0) is 11.2 Å². The SMILES string of the molecule is NC1CC(C(=O)O)Cc2cc(Cl)sc21. The molecule has 0 radical (unpaired) electrons. The highest BCUT2D eigenvalue weighted by Gasteiger charge is 2.30. The quantitative estimate of drug-likeness (QED) is 0.778. The molecule has 5 heteroatoms. The van der Waals surface area contributed by atoms with Gasteiger partial charge in [0.1, 0.15) is 0 Å². The second-order valence-electron chi connectivity index (χ2n) is 3.52. The van der Waals surface area contributed by atoms with Gasteiger partial charge in [0.05, 0.1) is 10.3 Å². The van der Waals surface area contributed by atoms with Crippen LogP contribution >= 0.6 is 22.9 Å². The van der Waals surface area contributed by atoms with E-state index in [1.165, 1.54) is 11.3 Å². The molecule has 2 atom stereocenters. The van der Waals surface area contributed by atoms with Gasteiger partial charge in [-0.15, -0.1) is 11.3 Å². The van der Waals surface area contributed by atoms with Gasteiger partial charge in [0.25, 0.3) is 0 Å². The molecule has 3 N–H and O–H groups in total. The summed E-state index contributed by atoms with van der Waals surface area (Å²) < 4.78 is 0.691. The monoisotopic (exact) mass is 231 g/mol. The summed E-state index contributed by atoms with van der Waals surface area (Å²) in [5, 5.41) is 8.90. The minimum atomic E-state index is -0.770. The summed E-state index contributed by atoms with van der Waals surface area (Å²) in [4.78, 5) is 11.9. The number of thiophene rings is 1. The zero-order valence-corrected chi connectivity index (χ0v) is 8.94. The summed E-state index contributed by atoms with van der Waals surface area (Å²) in [5.41, 5.74) is 6.88. The van der Waals surface area contributed by atoms with Gasteiger partial charge in [0, 0.05) is 10.9 Å². The van der Waals surface area contributed by atoms with E-state index in [2.05, 4.69) is 0 Å². The van der Waals surface area contributed by atoms with E-state index in [1.54, 1.807) is 0 Å². The predicted molar refractivity (Wildman–Crippen MR) is 55.7 cm³/mol. The predicted octanol–water partition coefficient (Wildman–Crippen LogP) is 2.05. The van der Waals surface area contributed by atoms with Crippen molar-refractivity contribution in [2.75, 3.05) is 0 Å². The van der Waals surface area contributed by atoms with Crippen molar-refractivity contribution in [3.63, 3.8) is 0 Å². The van der Waals surface area contributed by atoms with Crippen molar-refractivity contribution in [1.29, 1.82) is 0 Å². The van der Waals surface area contributed by atoms with Crippen LogP contribution in [0.15, 0.2) is 6.07 Å². The van der Waals surface area contributed by atoms with Crippen molar-refractivity contribution in [1.82, 2.24) is 0 Å². The third-order valence-electron chi connectivity index (χ3n) is 2.50. The Morgan fingerprint density at radius 1 is 1.71 bits per heavy atom. The molecule has 1 heterocycles. The molecule has 0 bridgehead atoms. The fourth-order valence-electron chi connectivity index (χ4n) is 1.83. The van der Waals surface area contributed by atoms with Crippen molar-refractivity contribution < 1.29 is 9.90 Å². The summed E-state index contributed by atoms with van der Waals surface area (Å²) in [5.74, 6) is -1.13. The van der Waals surface area contributed by atoms with Crippen LogP contribution in [0.25, 0.3) is 0 Å². The third kappa shape index (κ3) is 1.65. The van der Waals surface area contributed by atoms with E-state index in [0.29, 0.717) is 17.2 Å². The zero-order chi connectivity index (χ0) is 10.3. The lowest BCUT2D eigenvalue weighted by Gasteiger charge is -2.23. The Balaban J connectivity index is 2.32. The Bertz CT molecular complexity index is 377. The van der Waals surface area contributed by atoms with Crippen molar-refractivity contribution in [2.45, 2.75) is 18.9 Å². The molecule has 1 aliphatic carbocycles. The molecule has 0 spiro atoms. The number of rotatable bonds is 1. The first-order valence-electron chi connectivity index (χ1n) is 4.34. The lowest BCUT2D eigenvalue weighted by atomic mass is 9.86. The van der Waals surface area contributed by atoms with Crippen molar-refractivity contribution in [3.05, 3.63) is 20.8 Å². The molecule has 3 nitrogen and oxygen atoms in total. The molecule has 0 saturated carbocycles. The van der Waals surface area contributed by atoms with Crippen LogP contribution in [0.4, 0.5) is 0 Å². The highest BCUT2D eigenvalue weighted by Crippen LogP contribution is 2.39. The molecular formula is C9H10ClNO2S. The second-order valence-corrected chi connectivity index (χ2v) is 5.24. The summed E-state index contributed by atoms with van der Waals surface area (Å²) in [7, 11) is 0. The van der Waals surface area contributed by atoms with Crippen LogP contribution in [0, 0.1) is 5.92 Å². The van der Waals surface area contributed by atoms with Gasteiger partial charge in [-0.25, -0.2) is 0 Å². The van der Waals surface area contributed by atoms with Crippen LogP contribution in [0.1, 0.15) is 22.9 Å². The first kappa shape index (κ1) is 9.96. The molecule has 76 valence electrons. The van der Waals surface area contributed by atoms with Crippen LogP contribution in [-0.4, -0.2) is 11.1 Å². The summed E-state index contributed by atoms with van der Waals surface area (Å²) in [6.45, 7) is 0. The molecule has 14 heavy (non-hydrogen) atoms. The van der Waals surface area contributed by atoms with Crippen LogP contribution in [0.2, 0.25) is 4.34 Å². The zero-order valence-electron chi connectivity index (χ0n) is 7.37. The fraction of sp³-hybridized carbons (Fsp3) is 0.444. The van der Waals surface area contributed by atoms with Gasteiger partial charge in [-0.1, -0.05) is 11.6 Å². The number of hydrogen-bond acceptors (Lipinski definition) is 3. The number of carboxylic acids is 1. The molecule has 0 amide bonds. The highest BCUT2D eigenvalue weighted by atomic mass is 35.5. The lowest BCUT2D eigenvalue weighted by molar-refractivity contribution is -0.142. The Kier molecular flexibility index (Phi) is 2.51. The van der Waals surface area contributed by atoms with Gasteiger partial charge in [0.15, 0.2) is 0 Å². The van der Waals surface area contributed by atoms with Gasteiger partial charge < -0.3 is 10.8 Å². The maximum Gasteiger partial charge on any atom is 0.306 e. The maximum atomic E-state index is 10.8. The number of fused-ring (bicyclic) bond motifs is 1. The topological polar surface area (TPSA) is 63.3 Å². The van der Waals surface area contributed by atoms with Gasteiger partial charge in [-0.2, -0.15) is 0 Å². The molecule has 2 rings (SSSR count). The first-order valence-corrected chi connectivity index (χ1v) is 5.54. The lowest BCUT2D eigenvalue weighted by Crippen LogP contribution is -2.27. The third-order valence-corrected chi connectivity index (χ3v) is 3.94. The van der Waals surface area contributed by atoms with E-state index in [-0.39, 0.29) is 12.0 Å². The standard InChI is InChI=1S/C9H10ClNO2S/c10-7-3-4-1-5(9(12)13)2-6(11)8(4)14-7/h3,5-6H,1-2,11H2,(H,12,13). The average Bonchev–Trinajstić information content (AvgIpc) is 2.45. The van der Waals surface area contributed by atoms with Crippen molar-refractivity contribution in [2.24, 2.45) is 11.7 Å². The van der Waals surface area contributed by atoms with Crippen LogP contribution in [0.5, 0.6) is 0 Å². The largest absolute Gasteiger partial charge is 0.481 e. The van der Waals surface area contributed by atoms with E-state index < -0.39 is 5.97 Å². The number of carboxylic acid groups (broad SMARTS) is 1. The minimum Gasteiger partial charge on any atom is -0.481 e. The summed E-state index contributed by atoms with van der Waals surface area (Å²) in [6, 6.07) is 1.66. The maximum absolute atomic E-state index is 10.8. The normalized spacial score (nSPS) is 25.9. The number of hydrogen-bond donors (Lipinski definition) is 2. The molecule has 0 saturated heterocycles. The van der Waals surface area contributed by atoms with Crippen LogP contribution in [0.3, 0.4) is 0 Å². The Morgan fingerprint density at radius 3 is 3.07 bits per heavy atom. The number of halogens is 1. The molecule has 0 aromatic carbocycles. The van der Waals surface area contributed by atoms with E-state index in [4.69, 9.17) is 22.4 Å². The van der Waals surface area contributed by atoms with E-state index in [0.717, 1.165) is 10.4 Å². The molecule has 0 fully saturated rings. The Morgan fingerprint density at radius 2 is 2.43 bits per heavy atom. The highest BCUT2D eigenvalue weighted by molar-refractivity contribution is 7.16. The van der Waals surface area contributed by atoms with Gasteiger partial charge >= 0.3 is 5.97 Å². The molecule has 1 aromatic rings. The summed E-state index contributed by atoms with van der Waals surface area (Å²) in [6.07, 6.45) is 1.07. The number of carbonyl (C=O) groups is 1.